The molecular weight excluding hydrogens is 528 g/mol. The fourth-order valence-electron chi connectivity index (χ4n) is 5.15. The van der Waals surface area contributed by atoms with Crippen LogP contribution in [0.4, 0.5) is 0 Å². The molecule has 216 valence electrons. The smallest absolute Gasteiger partial charge is 0.303 e. The fourth-order valence-corrected chi connectivity index (χ4v) is 5.15. The van der Waals surface area contributed by atoms with E-state index in [1.165, 1.54) is 27.9 Å². The minimum atomic E-state index is -1.22. The minimum Gasteiger partial charge on any atom is -0.456 e. The lowest BCUT2D eigenvalue weighted by Crippen LogP contribution is -2.63. The lowest BCUT2D eigenvalue weighted by Gasteiger charge is -2.45. The highest BCUT2D eigenvalue weighted by Crippen LogP contribution is 2.41. The van der Waals surface area contributed by atoms with Gasteiger partial charge in [0, 0.05) is 27.9 Å². The first kappa shape index (κ1) is 29.9. The van der Waals surface area contributed by atoms with Crippen molar-refractivity contribution in [3.63, 3.8) is 0 Å². The van der Waals surface area contributed by atoms with E-state index >= 15 is 0 Å². The maximum Gasteiger partial charge on any atom is 0.303 e. The summed E-state index contributed by atoms with van der Waals surface area (Å²) in [6, 6.07) is 29.2. The van der Waals surface area contributed by atoms with Gasteiger partial charge in [0.15, 0.2) is 24.6 Å². The first-order valence-corrected chi connectivity index (χ1v) is 13.3. The Bertz CT molecular complexity index is 1200. The first-order valence-electron chi connectivity index (χ1n) is 13.3. The molecule has 0 radical (unpaired) electrons. The summed E-state index contributed by atoms with van der Waals surface area (Å²) in [5, 5.41) is 0. The molecule has 4 rings (SSSR count). The van der Waals surface area contributed by atoms with Gasteiger partial charge in [0.2, 0.25) is 0 Å². The lowest BCUT2D eigenvalue weighted by atomic mass is 9.80. The molecule has 3 aromatic carbocycles. The van der Waals surface area contributed by atoms with Gasteiger partial charge < -0.3 is 28.4 Å². The molecule has 41 heavy (non-hydrogen) atoms. The number of rotatable bonds is 10. The highest BCUT2D eigenvalue weighted by atomic mass is 16.7. The third-order valence-electron chi connectivity index (χ3n) is 6.73. The molecule has 0 aromatic heterocycles. The Balaban J connectivity index is 1.80. The molecule has 0 spiro atoms. The van der Waals surface area contributed by atoms with Crippen molar-refractivity contribution in [2.24, 2.45) is 0 Å². The van der Waals surface area contributed by atoms with E-state index in [0.29, 0.717) is 0 Å². The molecule has 3 aromatic rings. The van der Waals surface area contributed by atoms with Crippen LogP contribution in [0, 0.1) is 0 Å². The predicted molar refractivity (Wildman–Crippen MR) is 147 cm³/mol. The standard InChI is InChI=1S/C32H34O9/c1-21(33)38-28-27(41-31(36-4)30(40-23(3)35)29(28)39-22(2)34)20-37-32(24-14-8-5-9-15-24,25-16-10-6-11-17-25)26-18-12-7-13-19-26/h5-19,27-31H,20H2,1-4H3/t27-,28-,29+,30-,31+/m1/s1. The summed E-state index contributed by atoms with van der Waals surface area (Å²) in [6.45, 7) is 3.53. The van der Waals surface area contributed by atoms with Crippen molar-refractivity contribution >= 4 is 17.9 Å². The van der Waals surface area contributed by atoms with E-state index in [0.717, 1.165) is 16.7 Å². The summed E-state index contributed by atoms with van der Waals surface area (Å²) in [7, 11) is 1.37. The second kappa shape index (κ2) is 13.5. The highest BCUT2D eigenvalue weighted by Gasteiger charge is 2.53. The normalized spacial score (nSPS) is 22.4. The second-order valence-corrected chi connectivity index (χ2v) is 9.59. The molecule has 0 unspecified atom stereocenters. The second-order valence-electron chi connectivity index (χ2n) is 9.59. The lowest BCUT2D eigenvalue weighted by molar-refractivity contribution is -0.306. The van der Waals surface area contributed by atoms with Crippen molar-refractivity contribution in [1.82, 2.24) is 0 Å². The van der Waals surface area contributed by atoms with Gasteiger partial charge in [-0.2, -0.15) is 0 Å². The van der Waals surface area contributed by atoms with Crippen molar-refractivity contribution in [2.45, 2.75) is 57.1 Å². The van der Waals surface area contributed by atoms with Gasteiger partial charge in [-0.25, -0.2) is 0 Å². The van der Waals surface area contributed by atoms with Gasteiger partial charge in [0.05, 0.1) is 6.61 Å². The van der Waals surface area contributed by atoms with Gasteiger partial charge in [-0.3, -0.25) is 14.4 Å². The Kier molecular flexibility index (Phi) is 9.88. The molecule has 0 saturated carbocycles. The van der Waals surface area contributed by atoms with Crippen LogP contribution in [0.5, 0.6) is 0 Å². The molecule has 0 bridgehead atoms. The maximum atomic E-state index is 12.2. The molecular formula is C32H34O9. The van der Waals surface area contributed by atoms with Crippen molar-refractivity contribution in [2.75, 3.05) is 13.7 Å². The monoisotopic (exact) mass is 562 g/mol. The summed E-state index contributed by atoms with van der Waals surface area (Å²) < 4.78 is 35.2. The summed E-state index contributed by atoms with van der Waals surface area (Å²) in [5.74, 6) is -1.95. The molecule has 0 N–H and O–H groups in total. The third-order valence-corrected chi connectivity index (χ3v) is 6.73. The van der Waals surface area contributed by atoms with Crippen molar-refractivity contribution in [3.8, 4) is 0 Å². The number of esters is 3. The van der Waals surface area contributed by atoms with Crippen molar-refractivity contribution < 1.29 is 42.8 Å². The fraction of sp³-hybridized carbons (Fsp3) is 0.344. The van der Waals surface area contributed by atoms with E-state index in [2.05, 4.69) is 0 Å². The summed E-state index contributed by atoms with van der Waals surface area (Å²) in [5.41, 5.74) is 1.47. The van der Waals surface area contributed by atoms with E-state index < -0.39 is 54.2 Å². The molecule has 5 atom stereocenters. The largest absolute Gasteiger partial charge is 0.456 e. The average molecular weight is 563 g/mol. The van der Waals surface area contributed by atoms with Gasteiger partial charge >= 0.3 is 17.9 Å². The number of hydrogen-bond acceptors (Lipinski definition) is 9. The minimum absolute atomic E-state index is 0.124. The van der Waals surface area contributed by atoms with E-state index in [9.17, 15) is 14.4 Å². The van der Waals surface area contributed by atoms with Gasteiger partial charge in [-0.05, 0) is 16.7 Å². The van der Waals surface area contributed by atoms with Crippen LogP contribution < -0.4 is 0 Å². The van der Waals surface area contributed by atoms with Crippen LogP contribution in [0.15, 0.2) is 91.0 Å². The first-order chi connectivity index (χ1) is 19.8. The zero-order valence-corrected chi connectivity index (χ0v) is 23.4. The number of carbonyl (C=O) groups is 3. The molecule has 9 heteroatoms. The van der Waals surface area contributed by atoms with Gasteiger partial charge in [-0.1, -0.05) is 91.0 Å². The number of ether oxygens (including phenoxy) is 6. The molecule has 0 aliphatic carbocycles. The predicted octanol–water partition coefficient (Wildman–Crippen LogP) is 4.16. The number of benzene rings is 3. The Hall–Kier alpha value is -4.05. The molecule has 1 aliphatic rings. The number of carbonyl (C=O) groups excluding carboxylic acids is 3. The Labute approximate surface area is 239 Å². The Morgan fingerprint density at radius 2 is 1.02 bits per heavy atom. The van der Waals surface area contributed by atoms with Crippen LogP contribution in [0.3, 0.4) is 0 Å². The van der Waals surface area contributed by atoms with E-state index in [-0.39, 0.29) is 6.61 Å². The summed E-state index contributed by atoms with van der Waals surface area (Å²) in [4.78, 5) is 36.3. The topological polar surface area (TPSA) is 107 Å². The van der Waals surface area contributed by atoms with Crippen molar-refractivity contribution in [1.29, 1.82) is 0 Å². The summed E-state index contributed by atoms with van der Waals surface area (Å²) >= 11 is 0. The van der Waals surface area contributed by atoms with Gasteiger partial charge in [0.1, 0.15) is 11.7 Å². The van der Waals surface area contributed by atoms with E-state index in [1.807, 2.05) is 91.0 Å². The quantitative estimate of drug-likeness (QED) is 0.205. The van der Waals surface area contributed by atoms with Gasteiger partial charge in [-0.15, -0.1) is 0 Å². The maximum absolute atomic E-state index is 12.2. The zero-order chi connectivity index (χ0) is 29.4. The van der Waals surface area contributed by atoms with Crippen LogP contribution in [-0.2, 0) is 48.4 Å². The number of methoxy groups -OCH3 is 1. The SMILES string of the molecule is CO[C@H]1O[C@H](COC(c2ccccc2)(c2ccccc2)c2ccccc2)[C@@H](OC(C)=O)[C@H](OC(C)=O)[C@H]1OC(C)=O. The van der Waals surface area contributed by atoms with Crippen molar-refractivity contribution in [3.05, 3.63) is 108 Å². The molecule has 0 amide bonds. The molecule has 1 aliphatic heterocycles. The van der Waals surface area contributed by atoms with Gasteiger partial charge in [0.25, 0.3) is 0 Å². The Morgan fingerprint density at radius 3 is 1.41 bits per heavy atom. The average Bonchev–Trinajstić information content (AvgIpc) is 2.97. The number of hydrogen-bond donors (Lipinski definition) is 0. The molecule has 1 saturated heterocycles. The summed E-state index contributed by atoms with van der Waals surface area (Å²) in [6.07, 6.45) is -5.69. The van der Waals surface area contributed by atoms with Crippen LogP contribution in [0.25, 0.3) is 0 Å². The van der Waals surface area contributed by atoms with E-state index in [4.69, 9.17) is 28.4 Å². The van der Waals surface area contributed by atoms with Crippen LogP contribution in [-0.4, -0.2) is 62.3 Å². The molecule has 9 nitrogen and oxygen atoms in total. The van der Waals surface area contributed by atoms with E-state index in [1.54, 1.807) is 0 Å². The molecule has 1 fully saturated rings. The van der Waals surface area contributed by atoms with Crippen LogP contribution in [0.2, 0.25) is 0 Å². The van der Waals surface area contributed by atoms with Crippen LogP contribution in [0.1, 0.15) is 37.5 Å². The zero-order valence-electron chi connectivity index (χ0n) is 23.4. The highest BCUT2D eigenvalue weighted by molar-refractivity contribution is 5.68. The molecule has 1 heterocycles. The third kappa shape index (κ3) is 6.82. The Morgan fingerprint density at radius 1 is 0.634 bits per heavy atom. The van der Waals surface area contributed by atoms with Crippen LogP contribution >= 0.6 is 0 Å².